The number of carbonyl (C=O) groups is 2. The van der Waals surface area contributed by atoms with Gasteiger partial charge in [0.1, 0.15) is 6.61 Å². The number of ether oxygens (including phenoxy) is 6. The molecule has 1 aliphatic rings. The summed E-state index contributed by atoms with van der Waals surface area (Å²) in [5.74, 6) is 1.05. The molecule has 262 valence electrons. The first kappa shape index (κ1) is 36.4. The Morgan fingerprint density at radius 2 is 1.56 bits per heavy atom. The van der Waals surface area contributed by atoms with Gasteiger partial charge in [0.2, 0.25) is 0 Å². The van der Waals surface area contributed by atoms with E-state index in [1.807, 2.05) is 26.8 Å². The summed E-state index contributed by atoms with van der Waals surface area (Å²) in [7, 11) is 1.29. The number of nitrogens with zero attached hydrogens (tertiary/aromatic N) is 2. The quantitative estimate of drug-likeness (QED) is 0.148. The van der Waals surface area contributed by atoms with Crippen LogP contribution in [0.1, 0.15) is 60.8 Å². The lowest BCUT2D eigenvalue weighted by molar-refractivity contribution is -0.136. The van der Waals surface area contributed by atoms with Gasteiger partial charge in [-0.25, -0.2) is 14.6 Å². The molecule has 5 rings (SSSR count). The summed E-state index contributed by atoms with van der Waals surface area (Å²) in [5.41, 5.74) is 2.50. The van der Waals surface area contributed by atoms with Gasteiger partial charge in [0.05, 0.1) is 59.7 Å². The normalized spacial score (nSPS) is 13.8. The molecule has 0 N–H and O–H groups in total. The van der Waals surface area contributed by atoms with Gasteiger partial charge < -0.3 is 28.4 Å². The van der Waals surface area contributed by atoms with Crippen molar-refractivity contribution in [3.05, 3.63) is 113 Å². The summed E-state index contributed by atoms with van der Waals surface area (Å²) >= 11 is 4.82. The van der Waals surface area contributed by atoms with Gasteiger partial charge in [-0.1, -0.05) is 29.5 Å². The average Bonchev–Trinajstić information content (AvgIpc) is 3.42. The standard InChI is InChI=1S/C37H37BrN2O9S/c1-6-45-28-15-14-25(19-29(28)46-7-2)32-26(36(43)44-5)20-39-37-40(32)34(41)31(50-37)18-23-16-27(38)33(30(17-23)47-8-3)49-21-22-10-12-24(13-11-22)35(42)48-9-4/h10-20,32H,6-9,21H2,1-5H3/b31-18+/t32-/m0/s1. The predicted octanol–water partition coefficient (Wildman–Crippen LogP) is 5.73. The van der Waals surface area contributed by atoms with Crippen molar-refractivity contribution in [2.24, 2.45) is 4.99 Å². The molecule has 0 unspecified atom stereocenters. The molecular formula is C37H37BrN2O9S. The second-order valence-corrected chi connectivity index (χ2v) is 12.6. The zero-order valence-electron chi connectivity index (χ0n) is 28.3. The van der Waals surface area contributed by atoms with E-state index in [1.54, 1.807) is 61.5 Å². The molecule has 0 saturated heterocycles. The molecule has 0 fully saturated rings. The summed E-state index contributed by atoms with van der Waals surface area (Å²) in [6.45, 7) is 9.13. The van der Waals surface area contributed by atoms with Gasteiger partial charge in [-0.3, -0.25) is 9.36 Å². The molecule has 0 aliphatic carbocycles. The van der Waals surface area contributed by atoms with Crippen LogP contribution in [0.4, 0.5) is 0 Å². The molecule has 11 nitrogen and oxygen atoms in total. The molecule has 13 heteroatoms. The van der Waals surface area contributed by atoms with Crippen molar-refractivity contribution in [1.82, 2.24) is 4.57 Å². The van der Waals surface area contributed by atoms with Crippen molar-refractivity contribution < 1.29 is 38.0 Å². The number of fused-ring (bicyclic) bond motifs is 1. The Hall–Kier alpha value is -4.88. The minimum atomic E-state index is -0.816. The molecule has 50 heavy (non-hydrogen) atoms. The third kappa shape index (κ3) is 7.95. The van der Waals surface area contributed by atoms with Crippen LogP contribution in [0, 0.1) is 0 Å². The molecule has 2 heterocycles. The van der Waals surface area contributed by atoms with Gasteiger partial charge in [-0.2, -0.15) is 0 Å². The molecule has 4 aromatic rings. The van der Waals surface area contributed by atoms with Crippen LogP contribution in [0.2, 0.25) is 0 Å². The van der Waals surface area contributed by atoms with Crippen molar-refractivity contribution in [2.75, 3.05) is 33.5 Å². The maximum absolute atomic E-state index is 14.1. The molecule has 1 atom stereocenters. The molecule has 0 spiro atoms. The van der Waals surface area contributed by atoms with Crippen molar-refractivity contribution >= 4 is 45.3 Å². The van der Waals surface area contributed by atoms with Crippen LogP contribution in [0.5, 0.6) is 23.0 Å². The van der Waals surface area contributed by atoms with Gasteiger partial charge in [0.25, 0.3) is 5.56 Å². The monoisotopic (exact) mass is 764 g/mol. The van der Waals surface area contributed by atoms with Gasteiger partial charge in [-0.05, 0) is 103 Å². The van der Waals surface area contributed by atoms with Crippen LogP contribution < -0.4 is 33.8 Å². The minimum absolute atomic E-state index is 0.205. The van der Waals surface area contributed by atoms with E-state index in [2.05, 4.69) is 20.9 Å². The molecule has 0 radical (unpaired) electrons. The van der Waals surface area contributed by atoms with Crippen LogP contribution in [0.15, 0.2) is 80.6 Å². The van der Waals surface area contributed by atoms with E-state index >= 15 is 0 Å². The Morgan fingerprint density at radius 3 is 2.24 bits per heavy atom. The van der Waals surface area contributed by atoms with Crippen LogP contribution in [-0.4, -0.2) is 50.0 Å². The number of methoxy groups -OCH3 is 1. The number of halogens is 1. The zero-order valence-corrected chi connectivity index (χ0v) is 30.7. The van der Waals surface area contributed by atoms with Crippen molar-refractivity contribution in [1.29, 1.82) is 0 Å². The van der Waals surface area contributed by atoms with E-state index < -0.39 is 12.0 Å². The van der Waals surface area contributed by atoms with Crippen LogP contribution in [0.25, 0.3) is 6.08 Å². The fraction of sp³-hybridized carbons (Fsp3) is 0.297. The van der Waals surface area contributed by atoms with Gasteiger partial charge in [0.15, 0.2) is 27.8 Å². The lowest BCUT2D eigenvalue weighted by Gasteiger charge is -2.23. The number of hydrogen-bond donors (Lipinski definition) is 0. The van der Waals surface area contributed by atoms with E-state index in [0.717, 1.165) is 5.56 Å². The number of benzene rings is 3. The number of carbonyl (C=O) groups excluding carboxylic acids is 2. The first-order valence-electron chi connectivity index (χ1n) is 16.1. The van der Waals surface area contributed by atoms with E-state index in [-0.39, 0.29) is 23.7 Å². The SMILES string of the molecule is CCOC(=O)c1ccc(COc2c(Br)cc(/C=c3/sc4n(c3=O)[C@@H](c3ccc(OCC)c(OCC)c3)C(C(=O)OC)=CN=4)cc2OCC)cc1. The molecule has 0 amide bonds. The fourth-order valence-corrected chi connectivity index (χ4v) is 6.86. The van der Waals surface area contributed by atoms with Crippen LogP contribution >= 0.6 is 27.3 Å². The lowest BCUT2D eigenvalue weighted by atomic mass is 9.97. The molecule has 1 aliphatic heterocycles. The van der Waals surface area contributed by atoms with E-state index in [0.29, 0.717) is 79.9 Å². The van der Waals surface area contributed by atoms with Crippen LogP contribution in [-0.2, 0) is 20.9 Å². The van der Waals surface area contributed by atoms with E-state index in [9.17, 15) is 14.4 Å². The number of hydrogen-bond acceptors (Lipinski definition) is 11. The van der Waals surface area contributed by atoms with E-state index in [1.165, 1.54) is 29.2 Å². The molecule has 1 aromatic heterocycles. The zero-order chi connectivity index (χ0) is 35.8. The van der Waals surface area contributed by atoms with E-state index in [4.69, 9.17) is 28.4 Å². The Bertz CT molecular complexity index is 2090. The van der Waals surface area contributed by atoms with Gasteiger partial charge >= 0.3 is 11.9 Å². The summed E-state index contributed by atoms with van der Waals surface area (Å²) in [6.07, 6.45) is 3.19. The van der Waals surface area contributed by atoms with Crippen molar-refractivity contribution in [3.8, 4) is 23.0 Å². The molecular weight excluding hydrogens is 728 g/mol. The molecule has 0 bridgehead atoms. The highest BCUT2D eigenvalue weighted by Crippen LogP contribution is 2.38. The first-order chi connectivity index (χ1) is 24.2. The Kier molecular flexibility index (Phi) is 12.1. The van der Waals surface area contributed by atoms with Crippen molar-refractivity contribution in [2.45, 2.75) is 40.3 Å². The number of esters is 2. The Balaban J connectivity index is 1.51. The van der Waals surface area contributed by atoms with Gasteiger partial charge in [0, 0.05) is 6.20 Å². The third-order valence-corrected chi connectivity index (χ3v) is 9.07. The highest BCUT2D eigenvalue weighted by Gasteiger charge is 2.31. The second-order valence-electron chi connectivity index (χ2n) is 10.7. The highest BCUT2D eigenvalue weighted by atomic mass is 79.9. The Labute approximate surface area is 301 Å². The number of rotatable bonds is 14. The van der Waals surface area contributed by atoms with Crippen LogP contribution in [0.3, 0.4) is 0 Å². The molecule has 0 saturated carbocycles. The topological polar surface area (TPSA) is 124 Å². The predicted molar refractivity (Wildman–Crippen MR) is 192 cm³/mol. The fourth-order valence-electron chi connectivity index (χ4n) is 5.32. The van der Waals surface area contributed by atoms with Crippen molar-refractivity contribution in [3.63, 3.8) is 0 Å². The lowest BCUT2D eigenvalue weighted by Crippen LogP contribution is -2.39. The summed E-state index contributed by atoms with van der Waals surface area (Å²) in [4.78, 5) is 44.0. The minimum Gasteiger partial charge on any atom is -0.490 e. The smallest absolute Gasteiger partial charge is 0.338 e. The van der Waals surface area contributed by atoms with Gasteiger partial charge in [-0.15, -0.1) is 0 Å². The number of thiazole rings is 1. The summed E-state index contributed by atoms with van der Waals surface area (Å²) in [5, 5.41) is 0. The second kappa shape index (κ2) is 16.7. The summed E-state index contributed by atoms with van der Waals surface area (Å²) < 4.78 is 36.3. The maximum Gasteiger partial charge on any atom is 0.338 e. The average molecular weight is 766 g/mol. The third-order valence-electron chi connectivity index (χ3n) is 7.49. The largest absolute Gasteiger partial charge is 0.490 e. The Morgan fingerprint density at radius 1 is 0.860 bits per heavy atom. The number of aromatic nitrogens is 1. The molecule has 3 aromatic carbocycles. The maximum atomic E-state index is 14.1. The highest BCUT2D eigenvalue weighted by molar-refractivity contribution is 9.10. The summed E-state index contributed by atoms with van der Waals surface area (Å²) in [6, 6.07) is 15.2. The first-order valence-corrected chi connectivity index (χ1v) is 17.7.